The highest BCUT2D eigenvalue weighted by molar-refractivity contribution is 5.83. The van der Waals surface area contributed by atoms with Gasteiger partial charge in [-0.2, -0.15) is 5.10 Å². The van der Waals surface area contributed by atoms with Gasteiger partial charge in [0.25, 0.3) is 5.92 Å². The van der Waals surface area contributed by atoms with Crippen LogP contribution in [-0.2, 0) is 0 Å². The molecule has 2 aliphatic rings. The average molecular weight is 421 g/mol. The molecule has 0 bridgehead atoms. The number of pyridine rings is 1. The molecule has 0 aromatic carbocycles. The van der Waals surface area contributed by atoms with Gasteiger partial charge in [0.15, 0.2) is 0 Å². The molecule has 2 fully saturated rings. The predicted molar refractivity (Wildman–Crippen MR) is 117 cm³/mol. The Labute approximate surface area is 180 Å². The van der Waals surface area contributed by atoms with E-state index in [1.54, 1.807) is 10.7 Å². The quantitative estimate of drug-likeness (QED) is 0.557. The maximum absolute atomic E-state index is 13.3. The summed E-state index contributed by atoms with van der Waals surface area (Å²) in [5.74, 6) is -1.14. The summed E-state index contributed by atoms with van der Waals surface area (Å²) in [6.45, 7) is 10.4. The molecule has 3 aromatic rings. The van der Waals surface area contributed by atoms with Crippen LogP contribution >= 0.6 is 0 Å². The number of alkyl halides is 2. The average Bonchev–Trinajstić information content (AvgIpc) is 3.49. The zero-order chi connectivity index (χ0) is 21.9. The van der Waals surface area contributed by atoms with Crippen LogP contribution < -0.4 is 0 Å². The van der Waals surface area contributed by atoms with Crippen molar-refractivity contribution in [1.29, 1.82) is 0 Å². The number of hydrogen-bond acceptors (Lipinski definition) is 4. The van der Waals surface area contributed by atoms with Gasteiger partial charge in [-0.15, -0.1) is 0 Å². The zero-order valence-electron chi connectivity index (χ0n) is 17.8. The number of halogens is 2. The van der Waals surface area contributed by atoms with Crippen LogP contribution in [0.2, 0.25) is 0 Å². The van der Waals surface area contributed by atoms with Gasteiger partial charge in [-0.05, 0) is 43.0 Å². The van der Waals surface area contributed by atoms with E-state index < -0.39 is 5.92 Å². The van der Waals surface area contributed by atoms with Crippen molar-refractivity contribution in [3.8, 4) is 0 Å². The minimum Gasteiger partial charge on any atom is -0.371 e. The molecule has 2 aliphatic carbocycles. The first kappa shape index (κ1) is 19.8. The molecule has 0 saturated heterocycles. The van der Waals surface area contributed by atoms with Crippen molar-refractivity contribution in [2.45, 2.75) is 50.5 Å². The molecule has 0 N–H and O–H groups in total. The summed E-state index contributed by atoms with van der Waals surface area (Å²) in [6.07, 6.45) is 7.52. The van der Waals surface area contributed by atoms with Crippen LogP contribution in [0, 0.1) is 6.92 Å². The Kier molecular flexibility index (Phi) is 4.46. The Morgan fingerprint density at radius 1 is 1.19 bits per heavy atom. The van der Waals surface area contributed by atoms with Crippen molar-refractivity contribution >= 4 is 16.8 Å². The lowest BCUT2D eigenvalue weighted by atomic mass is 9.86. The van der Waals surface area contributed by atoms with E-state index in [1.165, 1.54) is 0 Å². The van der Waals surface area contributed by atoms with E-state index in [-0.39, 0.29) is 18.9 Å². The molecule has 3 aromatic heterocycles. The van der Waals surface area contributed by atoms with Crippen molar-refractivity contribution in [1.82, 2.24) is 24.5 Å². The summed E-state index contributed by atoms with van der Waals surface area (Å²) in [6, 6.07) is 3.76. The first-order valence-electron chi connectivity index (χ1n) is 10.5. The van der Waals surface area contributed by atoms with E-state index in [2.05, 4.69) is 28.2 Å². The van der Waals surface area contributed by atoms with E-state index in [1.807, 2.05) is 43.4 Å². The third-order valence-corrected chi connectivity index (χ3v) is 6.49. The lowest BCUT2D eigenvalue weighted by Gasteiger charge is -2.42. The summed E-state index contributed by atoms with van der Waals surface area (Å²) >= 11 is 0. The molecule has 5 rings (SSSR count). The fraction of sp³-hybridized carbons (Fsp3) is 0.375. The van der Waals surface area contributed by atoms with Gasteiger partial charge in [0.05, 0.1) is 11.7 Å². The fourth-order valence-corrected chi connectivity index (χ4v) is 4.18. The number of fused-ring (bicyclic) bond motifs is 1. The molecular weight excluding hydrogens is 396 g/mol. The summed E-state index contributed by atoms with van der Waals surface area (Å²) in [5, 5.41) is 4.41. The Balaban J connectivity index is 1.43. The van der Waals surface area contributed by atoms with E-state index >= 15 is 0 Å². The maximum Gasteiger partial charge on any atom is 0.252 e. The molecule has 2 saturated carbocycles. The molecule has 3 heterocycles. The molecule has 0 radical (unpaired) electrons. The van der Waals surface area contributed by atoms with Crippen LogP contribution in [-0.4, -0.2) is 43.5 Å². The second-order valence-corrected chi connectivity index (χ2v) is 8.76. The van der Waals surface area contributed by atoms with Gasteiger partial charge < -0.3 is 4.90 Å². The molecule has 0 amide bonds. The zero-order valence-corrected chi connectivity index (χ0v) is 17.8. The van der Waals surface area contributed by atoms with Gasteiger partial charge in [0.2, 0.25) is 0 Å². The number of rotatable bonds is 6. The molecule has 0 aliphatic heterocycles. The molecular formula is C24H25F2N5. The second-order valence-electron chi connectivity index (χ2n) is 8.76. The minimum absolute atomic E-state index is 0.139. The van der Waals surface area contributed by atoms with Gasteiger partial charge in [0.1, 0.15) is 5.82 Å². The molecule has 0 spiro atoms. The van der Waals surface area contributed by atoms with Gasteiger partial charge in [-0.3, -0.25) is 0 Å². The third-order valence-electron chi connectivity index (χ3n) is 6.49. The fourth-order valence-electron chi connectivity index (χ4n) is 4.18. The van der Waals surface area contributed by atoms with Gasteiger partial charge >= 0.3 is 0 Å². The monoisotopic (exact) mass is 421 g/mol. The maximum atomic E-state index is 13.3. The Morgan fingerprint density at radius 3 is 2.58 bits per heavy atom. The number of aromatic nitrogens is 4. The van der Waals surface area contributed by atoms with Gasteiger partial charge in [-0.25, -0.2) is 23.3 Å². The van der Waals surface area contributed by atoms with Crippen LogP contribution in [0.5, 0.6) is 0 Å². The van der Waals surface area contributed by atoms with Crippen LogP contribution in [0.25, 0.3) is 16.8 Å². The predicted octanol–water partition coefficient (Wildman–Crippen LogP) is 5.07. The lowest BCUT2D eigenvalue weighted by molar-refractivity contribution is -0.110. The number of hydrogen-bond donors (Lipinski definition) is 0. The van der Waals surface area contributed by atoms with Crippen molar-refractivity contribution < 1.29 is 8.78 Å². The van der Waals surface area contributed by atoms with Crippen molar-refractivity contribution in [2.75, 3.05) is 7.05 Å². The highest BCUT2D eigenvalue weighted by Gasteiger charge is 2.47. The van der Waals surface area contributed by atoms with Crippen molar-refractivity contribution in [2.24, 2.45) is 0 Å². The van der Waals surface area contributed by atoms with E-state index in [0.29, 0.717) is 11.6 Å². The number of aryl methyl sites for hydroxylation is 1. The normalized spacial score (nSPS) is 18.1. The largest absolute Gasteiger partial charge is 0.371 e. The summed E-state index contributed by atoms with van der Waals surface area (Å²) in [7, 11) is 1.82. The summed E-state index contributed by atoms with van der Waals surface area (Å²) < 4.78 is 28.4. The molecule has 5 nitrogen and oxygen atoms in total. The smallest absolute Gasteiger partial charge is 0.252 e. The first-order valence-corrected chi connectivity index (χ1v) is 10.5. The van der Waals surface area contributed by atoms with E-state index in [0.717, 1.165) is 52.1 Å². The standard InChI is InChI=1S/C24H25F2N5/c1-14(20-12-27-23(17-5-6-17)29-15(20)2)18-7-8-31-22(9-18)21(13-28-31)16(3)30(4)19-10-24(25,26)11-19/h7-9,12-13,17,19H,1,3,5-6,10-11H2,2,4H3. The highest BCUT2D eigenvalue weighted by atomic mass is 19.3. The second kappa shape index (κ2) is 6.97. The van der Waals surface area contributed by atoms with Crippen molar-refractivity contribution in [3.63, 3.8) is 0 Å². The van der Waals surface area contributed by atoms with Gasteiger partial charge in [-0.1, -0.05) is 13.2 Å². The number of nitrogens with zero attached hydrogens (tertiary/aromatic N) is 5. The highest BCUT2D eigenvalue weighted by Crippen LogP contribution is 2.42. The molecule has 0 unspecified atom stereocenters. The topological polar surface area (TPSA) is 46.3 Å². The Bertz CT molecular complexity index is 1200. The Hall–Kier alpha value is -3.09. The molecule has 7 heteroatoms. The van der Waals surface area contributed by atoms with Crippen LogP contribution in [0.3, 0.4) is 0 Å². The first-order chi connectivity index (χ1) is 14.7. The SMILES string of the molecule is C=C(c1ccn2ncc(C(=C)N(C)C3CC(F)(F)C3)c2c1)c1cnc(C2CC2)nc1C. The van der Waals surface area contributed by atoms with Crippen molar-refractivity contribution in [3.05, 3.63) is 72.1 Å². The molecule has 0 atom stereocenters. The van der Waals surface area contributed by atoms with Crippen LogP contribution in [0.1, 0.15) is 59.8 Å². The lowest BCUT2D eigenvalue weighted by Crippen LogP contribution is -2.48. The van der Waals surface area contributed by atoms with E-state index in [9.17, 15) is 8.78 Å². The Morgan fingerprint density at radius 2 is 1.94 bits per heavy atom. The summed E-state index contributed by atoms with van der Waals surface area (Å²) in [4.78, 5) is 11.1. The van der Waals surface area contributed by atoms with Crippen LogP contribution in [0.4, 0.5) is 8.78 Å². The van der Waals surface area contributed by atoms with Crippen LogP contribution in [0.15, 0.2) is 43.9 Å². The van der Waals surface area contributed by atoms with Gasteiger partial charge in [0, 0.05) is 66.8 Å². The molecule has 160 valence electrons. The molecule has 31 heavy (non-hydrogen) atoms. The van der Waals surface area contributed by atoms with E-state index in [4.69, 9.17) is 0 Å². The minimum atomic E-state index is -2.57. The third kappa shape index (κ3) is 3.52. The summed E-state index contributed by atoms with van der Waals surface area (Å²) in [5.41, 5.74) is 5.98.